The Morgan fingerprint density at radius 3 is 2.76 bits per heavy atom. The van der Waals surface area contributed by atoms with Gasteiger partial charge in [0.05, 0.1) is 0 Å². The fourth-order valence-corrected chi connectivity index (χ4v) is 2.07. The first-order chi connectivity index (χ1) is 8.16. The van der Waals surface area contributed by atoms with Crippen LogP contribution in [0.4, 0.5) is 0 Å². The number of aryl methyl sites for hydroxylation is 1. The molecule has 1 atom stereocenters. The lowest BCUT2D eigenvalue weighted by Gasteiger charge is -2.19. The van der Waals surface area contributed by atoms with Crippen molar-refractivity contribution in [2.45, 2.75) is 32.3 Å². The second-order valence-corrected chi connectivity index (χ2v) is 4.41. The molecule has 0 saturated carbocycles. The van der Waals surface area contributed by atoms with Gasteiger partial charge in [-0.3, -0.25) is 0 Å². The summed E-state index contributed by atoms with van der Waals surface area (Å²) >= 11 is 0. The fourth-order valence-electron chi connectivity index (χ4n) is 2.07. The van der Waals surface area contributed by atoms with Crippen LogP contribution >= 0.6 is 0 Å². The van der Waals surface area contributed by atoms with E-state index in [1.165, 1.54) is 0 Å². The first-order valence-electron chi connectivity index (χ1n) is 5.97. The van der Waals surface area contributed by atoms with Crippen LogP contribution in [0, 0.1) is 6.92 Å². The highest BCUT2D eigenvalue weighted by atomic mass is 16.5. The summed E-state index contributed by atoms with van der Waals surface area (Å²) in [7, 11) is -1.42. The topological polar surface area (TPSA) is 49.7 Å². The van der Waals surface area contributed by atoms with Crippen molar-refractivity contribution < 1.29 is 14.8 Å². The highest BCUT2D eigenvalue weighted by molar-refractivity contribution is 6.59. The molecule has 1 aliphatic rings. The van der Waals surface area contributed by atoms with Crippen LogP contribution in [0.25, 0.3) is 0 Å². The van der Waals surface area contributed by atoms with Crippen molar-refractivity contribution in [2.24, 2.45) is 0 Å². The summed E-state index contributed by atoms with van der Waals surface area (Å²) in [5, 5.41) is 18.2. The van der Waals surface area contributed by atoms with E-state index in [2.05, 4.69) is 12.2 Å². The van der Waals surface area contributed by atoms with Gasteiger partial charge < -0.3 is 14.8 Å². The molecule has 0 saturated heterocycles. The number of hydrogen-bond donors (Lipinski definition) is 2. The molecule has 0 heterocycles. The van der Waals surface area contributed by atoms with Gasteiger partial charge in [-0.1, -0.05) is 12.1 Å². The monoisotopic (exact) mass is 232 g/mol. The number of benzene rings is 1. The zero-order valence-electron chi connectivity index (χ0n) is 9.97. The summed E-state index contributed by atoms with van der Waals surface area (Å²) in [6.45, 7) is 1.85. The molecule has 0 radical (unpaired) electrons. The predicted octanol–water partition coefficient (Wildman–Crippen LogP) is 1.16. The molecule has 90 valence electrons. The Labute approximate surface area is 102 Å². The fraction of sp³-hybridized carbons (Fsp3) is 0.385. The maximum atomic E-state index is 9.12. The van der Waals surface area contributed by atoms with Gasteiger partial charge in [-0.15, -0.1) is 0 Å². The van der Waals surface area contributed by atoms with E-state index in [9.17, 15) is 0 Å². The number of allylic oxidation sites excluding steroid dienone is 1. The molecule has 2 N–H and O–H groups in total. The van der Waals surface area contributed by atoms with Crippen LogP contribution in [0.1, 0.15) is 24.8 Å². The molecule has 4 heteroatoms. The zero-order chi connectivity index (χ0) is 12.3. The van der Waals surface area contributed by atoms with Gasteiger partial charge in [-0.2, -0.15) is 0 Å². The minimum atomic E-state index is -1.42. The van der Waals surface area contributed by atoms with Gasteiger partial charge in [-0.25, -0.2) is 0 Å². The third kappa shape index (κ3) is 3.11. The standard InChI is InChI=1S/C13H17BO3/c1-10-9-12(7-8-13(10)14(15)16)17-11-5-3-2-4-6-11/h3,5,7-9,11,15-16H,2,4,6H2,1H3. The van der Waals surface area contributed by atoms with Gasteiger partial charge in [0.15, 0.2) is 0 Å². The van der Waals surface area contributed by atoms with Crippen molar-refractivity contribution in [3.8, 4) is 5.75 Å². The highest BCUT2D eigenvalue weighted by Crippen LogP contribution is 2.19. The predicted molar refractivity (Wildman–Crippen MR) is 68.4 cm³/mol. The van der Waals surface area contributed by atoms with Crippen LogP contribution in [-0.4, -0.2) is 23.3 Å². The molecule has 0 bridgehead atoms. The first-order valence-corrected chi connectivity index (χ1v) is 5.97. The van der Waals surface area contributed by atoms with Crippen LogP contribution in [0.15, 0.2) is 30.4 Å². The Hall–Kier alpha value is -1.26. The molecule has 0 aromatic heterocycles. The van der Waals surface area contributed by atoms with Crippen LogP contribution in [0.2, 0.25) is 0 Å². The second-order valence-electron chi connectivity index (χ2n) is 4.41. The number of rotatable bonds is 3. The first kappa shape index (κ1) is 12.2. The van der Waals surface area contributed by atoms with Crippen molar-refractivity contribution in [2.75, 3.05) is 0 Å². The lowest BCUT2D eigenvalue weighted by Crippen LogP contribution is -2.32. The summed E-state index contributed by atoms with van der Waals surface area (Å²) in [5.41, 5.74) is 1.36. The van der Waals surface area contributed by atoms with Gasteiger partial charge in [-0.05, 0) is 55.4 Å². The largest absolute Gasteiger partial charge is 0.488 e. The van der Waals surface area contributed by atoms with E-state index in [4.69, 9.17) is 14.8 Å². The van der Waals surface area contributed by atoms with Gasteiger partial charge in [0.2, 0.25) is 0 Å². The Bertz CT molecular complexity index is 415. The molecule has 1 unspecified atom stereocenters. The molecule has 17 heavy (non-hydrogen) atoms. The molecule has 1 aromatic rings. The summed E-state index contributed by atoms with van der Waals surface area (Å²) in [5.74, 6) is 0.781. The molecule has 1 aromatic carbocycles. The third-order valence-corrected chi connectivity index (χ3v) is 3.02. The van der Waals surface area contributed by atoms with Gasteiger partial charge in [0.1, 0.15) is 11.9 Å². The van der Waals surface area contributed by atoms with Crippen LogP contribution in [-0.2, 0) is 0 Å². The second kappa shape index (κ2) is 5.38. The average Bonchev–Trinajstić information content (AvgIpc) is 2.30. The zero-order valence-corrected chi connectivity index (χ0v) is 9.97. The summed E-state index contributed by atoms with van der Waals surface area (Å²) in [6.07, 6.45) is 7.72. The maximum absolute atomic E-state index is 9.12. The smallest absolute Gasteiger partial charge is 0.486 e. The van der Waals surface area contributed by atoms with Crippen molar-refractivity contribution in [3.63, 3.8) is 0 Å². The lowest BCUT2D eigenvalue weighted by atomic mass is 9.77. The van der Waals surface area contributed by atoms with E-state index in [-0.39, 0.29) is 6.10 Å². The van der Waals surface area contributed by atoms with Crippen molar-refractivity contribution in [1.82, 2.24) is 0 Å². The Morgan fingerprint density at radius 2 is 2.18 bits per heavy atom. The lowest BCUT2D eigenvalue weighted by molar-refractivity contribution is 0.230. The van der Waals surface area contributed by atoms with Crippen LogP contribution in [0.3, 0.4) is 0 Å². The van der Waals surface area contributed by atoms with Crippen molar-refractivity contribution in [1.29, 1.82) is 0 Å². The summed E-state index contributed by atoms with van der Waals surface area (Å²) < 4.78 is 5.82. The molecule has 3 nitrogen and oxygen atoms in total. The van der Waals surface area contributed by atoms with Crippen LogP contribution < -0.4 is 10.2 Å². The van der Waals surface area contributed by atoms with Crippen LogP contribution in [0.5, 0.6) is 5.75 Å². The van der Waals surface area contributed by atoms with E-state index >= 15 is 0 Å². The molecule has 0 aliphatic heterocycles. The molecule has 0 fully saturated rings. The van der Waals surface area contributed by atoms with Crippen molar-refractivity contribution in [3.05, 3.63) is 35.9 Å². The van der Waals surface area contributed by atoms with E-state index in [1.807, 2.05) is 13.0 Å². The minimum Gasteiger partial charge on any atom is -0.486 e. The molecule has 1 aliphatic carbocycles. The van der Waals surface area contributed by atoms with E-state index in [0.717, 1.165) is 30.6 Å². The molecular weight excluding hydrogens is 215 g/mol. The quantitative estimate of drug-likeness (QED) is 0.607. The normalized spacial score (nSPS) is 19.1. The summed E-state index contributed by atoms with van der Waals surface area (Å²) in [4.78, 5) is 0. The van der Waals surface area contributed by atoms with Gasteiger partial charge in [0.25, 0.3) is 0 Å². The van der Waals surface area contributed by atoms with E-state index in [1.54, 1.807) is 12.1 Å². The summed E-state index contributed by atoms with van der Waals surface area (Å²) in [6, 6.07) is 5.32. The average molecular weight is 232 g/mol. The Kier molecular flexibility index (Phi) is 3.87. The minimum absolute atomic E-state index is 0.146. The number of ether oxygens (including phenoxy) is 1. The molecule has 0 spiro atoms. The Morgan fingerprint density at radius 1 is 1.35 bits per heavy atom. The third-order valence-electron chi connectivity index (χ3n) is 3.02. The van der Waals surface area contributed by atoms with Gasteiger partial charge in [0, 0.05) is 0 Å². The van der Waals surface area contributed by atoms with Crippen molar-refractivity contribution >= 4 is 12.6 Å². The van der Waals surface area contributed by atoms with Gasteiger partial charge >= 0.3 is 7.12 Å². The SMILES string of the molecule is Cc1cc(OC2C=CCCC2)ccc1B(O)O. The maximum Gasteiger partial charge on any atom is 0.488 e. The Balaban J connectivity index is 2.09. The van der Waals surface area contributed by atoms with E-state index < -0.39 is 7.12 Å². The number of hydrogen-bond acceptors (Lipinski definition) is 3. The van der Waals surface area contributed by atoms with E-state index in [0.29, 0.717) is 5.46 Å². The molecule has 0 amide bonds. The molecule has 2 rings (SSSR count). The highest BCUT2D eigenvalue weighted by Gasteiger charge is 2.15. The molecular formula is C13H17BO3.